The molecular formula is C17H11ClO2. The van der Waals surface area contributed by atoms with Crippen LogP contribution in [0.15, 0.2) is 60.7 Å². The highest BCUT2D eigenvalue weighted by Crippen LogP contribution is 2.29. The van der Waals surface area contributed by atoms with Gasteiger partial charge in [-0.1, -0.05) is 41.9 Å². The number of ether oxygens (including phenoxy) is 1. The molecule has 0 radical (unpaired) electrons. The van der Waals surface area contributed by atoms with Gasteiger partial charge >= 0.3 is 0 Å². The van der Waals surface area contributed by atoms with Gasteiger partial charge in [0.1, 0.15) is 11.5 Å². The van der Waals surface area contributed by atoms with E-state index in [1.165, 1.54) is 0 Å². The van der Waals surface area contributed by atoms with E-state index >= 15 is 0 Å². The van der Waals surface area contributed by atoms with Crippen LogP contribution in [0.1, 0.15) is 10.4 Å². The first kappa shape index (κ1) is 12.7. The molecule has 0 aliphatic carbocycles. The molecule has 98 valence electrons. The van der Waals surface area contributed by atoms with Crippen LogP contribution in [0, 0.1) is 0 Å². The summed E-state index contributed by atoms with van der Waals surface area (Å²) in [6.45, 7) is 0. The summed E-state index contributed by atoms with van der Waals surface area (Å²) in [6.07, 6.45) is 0.738. The van der Waals surface area contributed by atoms with Crippen molar-refractivity contribution >= 4 is 28.7 Å². The Hall–Kier alpha value is -2.32. The molecular weight excluding hydrogens is 272 g/mol. The molecule has 3 aromatic rings. The number of fused-ring (bicyclic) bond motifs is 1. The maximum atomic E-state index is 11.0. The minimum Gasteiger partial charge on any atom is -0.457 e. The number of carbonyl (C=O) groups is 1. The zero-order chi connectivity index (χ0) is 13.9. The molecule has 0 bridgehead atoms. The van der Waals surface area contributed by atoms with Gasteiger partial charge in [-0.15, -0.1) is 0 Å². The highest BCUT2D eigenvalue weighted by molar-refractivity contribution is 6.30. The molecule has 0 fully saturated rings. The van der Waals surface area contributed by atoms with Crippen molar-refractivity contribution in [2.45, 2.75) is 0 Å². The summed E-state index contributed by atoms with van der Waals surface area (Å²) in [4.78, 5) is 11.0. The van der Waals surface area contributed by atoms with Crippen LogP contribution in [0.3, 0.4) is 0 Å². The lowest BCUT2D eigenvalue weighted by atomic mass is 10.1. The van der Waals surface area contributed by atoms with Gasteiger partial charge in [-0.2, -0.15) is 0 Å². The van der Waals surface area contributed by atoms with Gasteiger partial charge in [-0.05, 0) is 41.1 Å². The summed E-state index contributed by atoms with van der Waals surface area (Å²) in [5.74, 6) is 1.19. The molecule has 0 unspecified atom stereocenters. The predicted molar refractivity (Wildman–Crippen MR) is 80.9 cm³/mol. The molecule has 0 amide bonds. The Morgan fingerprint density at radius 2 is 1.70 bits per heavy atom. The van der Waals surface area contributed by atoms with Gasteiger partial charge in [0.2, 0.25) is 0 Å². The third-order valence-corrected chi connectivity index (χ3v) is 3.28. The van der Waals surface area contributed by atoms with Crippen LogP contribution < -0.4 is 4.74 Å². The standard InChI is InChI=1S/C17H11ClO2/c18-15-6-8-17(14(9-15)11-19)20-16-7-5-12-3-1-2-4-13(12)10-16/h1-11H. The molecule has 0 aromatic heterocycles. The summed E-state index contributed by atoms with van der Waals surface area (Å²) in [5.41, 5.74) is 0.436. The highest BCUT2D eigenvalue weighted by atomic mass is 35.5. The van der Waals surface area contributed by atoms with Crippen molar-refractivity contribution in [1.29, 1.82) is 0 Å². The van der Waals surface area contributed by atoms with Crippen LogP contribution in [0.25, 0.3) is 10.8 Å². The Kier molecular flexibility index (Phi) is 3.40. The van der Waals surface area contributed by atoms with E-state index in [0.717, 1.165) is 17.1 Å². The summed E-state index contributed by atoms with van der Waals surface area (Å²) in [6, 6.07) is 18.8. The van der Waals surface area contributed by atoms with Gasteiger partial charge in [0, 0.05) is 5.02 Å². The van der Waals surface area contributed by atoms with Crippen LogP contribution in [-0.2, 0) is 0 Å². The van der Waals surface area contributed by atoms with E-state index in [2.05, 4.69) is 0 Å². The van der Waals surface area contributed by atoms with Gasteiger partial charge < -0.3 is 4.74 Å². The molecule has 3 heteroatoms. The van der Waals surface area contributed by atoms with Crippen molar-refractivity contribution in [2.24, 2.45) is 0 Å². The zero-order valence-corrected chi connectivity index (χ0v) is 11.3. The number of rotatable bonds is 3. The van der Waals surface area contributed by atoms with Crippen molar-refractivity contribution in [2.75, 3.05) is 0 Å². The molecule has 0 heterocycles. The lowest BCUT2D eigenvalue weighted by Crippen LogP contribution is -1.90. The Bertz CT molecular complexity index is 781. The summed E-state index contributed by atoms with van der Waals surface area (Å²) < 4.78 is 5.77. The minimum atomic E-state index is 0.436. The van der Waals surface area contributed by atoms with Crippen molar-refractivity contribution in [1.82, 2.24) is 0 Å². The first-order chi connectivity index (χ1) is 9.76. The maximum absolute atomic E-state index is 11.0. The monoisotopic (exact) mass is 282 g/mol. The third-order valence-electron chi connectivity index (χ3n) is 3.05. The van der Waals surface area contributed by atoms with Crippen LogP contribution in [0.2, 0.25) is 5.02 Å². The largest absolute Gasteiger partial charge is 0.457 e. The van der Waals surface area contributed by atoms with E-state index in [9.17, 15) is 4.79 Å². The molecule has 0 N–H and O–H groups in total. The number of carbonyl (C=O) groups excluding carboxylic acids is 1. The normalized spacial score (nSPS) is 10.4. The molecule has 0 spiro atoms. The minimum absolute atomic E-state index is 0.436. The molecule has 0 saturated heterocycles. The third kappa shape index (κ3) is 2.51. The second-order valence-electron chi connectivity index (χ2n) is 4.41. The van der Waals surface area contributed by atoms with Gasteiger partial charge in [0.05, 0.1) is 5.56 Å². The average molecular weight is 283 g/mol. The molecule has 0 atom stereocenters. The van der Waals surface area contributed by atoms with E-state index in [1.807, 2.05) is 42.5 Å². The summed E-state index contributed by atoms with van der Waals surface area (Å²) in [5, 5.41) is 2.75. The highest BCUT2D eigenvalue weighted by Gasteiger charge is 2.06. The smallest absolute Gasteiger partial charge is 0.153 e. The average Bonchev–Trinajstić information content (AvgIpc) is 2.49. The Labute approximate surface area is 121 Å². The second-order valence-corrected chi connectivity index (χ2v) is 4.85. The first-order valence-electron chi connectivity index (χ1n) is 6.18. The quantitative estimate of drug-likeness (QED) is 0.625. The fourth-order valence-electron chi connectivity index (χ4n) is 2.06. The Balaban J connectivity index is 1.98. The van der Waals surface area contributed by atoms with Gasteiger partial charge in [-0.3, -0.25) is 4.79 Å². The number of hydrogen-bond acceptors (Lipinski definition) is 2. The molecule has 2 nitrogen and oxygen atoms in total. The van der Waals surface area contributed by atoms with E-state index in [4.69, 9.17) is 16.3 Å². The van der Waals surface area contributed by atoms with E-state index in [1.54, 1.807) is 18.2 Å². The van der Waals surface area contributed by atoms with Gasteiger partial charge in [0.25, 0.3) is 0 Å². The molecule has 0 aliphatic heterocycles. The van der Waals surface area contributed by atoms with Crippen LogP contribution >= 0.6 is 11.6 Å². The van der Waals surface area contributed by atoms with E-state index in [-0.39, 0.29) is 0 Å². The SMILES string of the molecule is O=Cc1cc(Cl)ccc1Oc1ccc2ccccc2c1. The predicted octanol–water partition coefficient (Wildman–Crippen LogP) is 5.10. The van der Waals surface area contributed by atoms with Crippen molar-refractivity contribution < 1.29 is 9.53 Å². The van der Waals surface area contributed by atoms with Crippen molar-refractivity contribution in [3.05, 3.63) is 71.2 Å². The number of halogens is 1. The van der Waals surface area contributed by atoms with Crippen LogP contribution in [-0.4, -0.2) is 6.29 Å². The lowest BCUT2D eigenvalue weighted by Gasteiger charge is -2.09. The Morgan fingerprint density at radius 1 is 0.900 bits per heavy atom. The molecule has 3 rings (SSSR count). The van der Waals surface area contributed by atoms with Crippen LogP contribution in [0.5, 0.6) is 11.5 Å². The number of aldehydes is 1. The molecule has 0 saturated carbocycles. The molecule has 0 aliphatic rings. The zero-order valence-electron chi connectivity index (χ0n) is 10.5. The topological polar surface area (TPSA) is 26.3 Å². The number of benzene rings is 3. The Morgan fingerprint density at radius 3 is 2.50 bits per heavy atom. The van der Waals surface area contributed by atoms with Gasteiger partial charge in [0.15, 0.2) is 6.29 Å². The maximum Gasteiger partial charge on any atom is 0.153 e. The van der Waals surface area contributed by atoms with Gasteiger partial charge in [-0.25, -0.2) is 0 Å². The van der Waals surface area contributed by atoms with E-state index in [0.29, 0.717) is 22.1 Å². The molecule has 3 aromatic carbocycles. The molecule has 20 heavy (non-hydrogen) atoms. The fourth-order valence-corrected chi connectivity index (χ4v) is 2.24. The number of hydrogen-bond donors (Lipinski definition) is 0. The van der Waals surface area contributed by atoms with Crippen LogP contribution in [0.4, 0.5) is 0 Å². The van der Waals surface area contributed by atoms with Crippen molar-refractivity contribution in [3.8, 4) is 11.5 Å². The first-order valence-corrected chi connectivity index (χ1v) is 6.55. The lowest BCUT2D eigenvalue weighted by molar-refractivity contribution is 0.112. The summed E-state index contributed by atoms with van der Waals surface area (Å²) >= 11 is 5.86. The fraction of sp³-hybridized carbons (Fsp3) is 0. The summed E-state index contributed by atoms with van der Waals surface area (Å²) in [7, 11) is 0. The van der Waals surface area contributed by atoms with E-state index < -0.39 is 0 Å². The second kappa shape index (κ2) is 5.35. The van der Waals surface area contributed by atoms with Crippen molar-refractivity contribution in [3.63, 3.8) is 0 Å².